The van der Waals surface area contributed by atoms with E-state index >= 15 is 0 Å². The van der Waals surface area contributed by atoms with E-state index in [0.717, 1.165) is 5.69 Å². The fourth-order valence-corrected chi connectivity index (χ4v) is 1.07. The first-order chi connectivity index (χ1) is 5.68. The maximum Gasteiger partial charge on any atom is 0.180 e. The van der Waals surface area contributed by atoms with Crippen molar-refractivity contribution in [3.8, 4) is 0 Å². The van der Waals surface area contributed by atoms with Crippen LogP contribution in [0, 0.1) is 6.92 Å². The average molecular weight is 163 g/mol. The molecule has 0 aromatic carbocycles. The van der Waals surface area contributed by atoms with E-state index in [1.807, 2.05) is 6.92 Å². The van der Waals surface area contributed by atoms with E-state index in [4.69, 9.17) is 11.5 Å². The summed E-state index contributed by atoms with van der Waals surface area (Å²) in [7, 11) is 0. The normalized spacial score (nSPS) is 10.8. The molecule has 0 fully saturated rings. The summed E-state index contributed by atoms with van der Waals surface area (Å²) in [4.78, 5) is 4.05. The standard InChI is InChI=1S/C7H9N5/c1-4-6(9)7-10-5(8)2-3-12(7)11-4/h2-3H,9H2,1H3,(H2,8,10). The van der Waals surface area contributed by atoms with Crippen molar-refractivity contribution in [3.63, 3.8) is 0 Å². The molecule has 0 spiro atoms. The van der Waals surface area contributed by atoms with E-state index in [1.165, 1.54) is 0 Å². The minimum Gasteiger partial charge on any atom is -0.394 e. The summed E-state index contributed by atoms with van der Waals surface area (Å²) in [5.41, 5.74) is 13.2. The molecule has 0 bridgehead atoms. The fourth-order valence-electron chi connectivity index (χ4n) is 1.07. The maximum absolute atomic E-state index is 5.71. The minimum atomic E-state index is 0.453. The molecule has 4 N–H and O–H groups in total. The van der Waals surface area contributed by atoms with Crippen molar-refractivity contribution in [2.75, 3.05) is 11.5 Å². The second-order valence-corrected chi connectivity index (χ2v) is 2.62. The average Bonchev–Trinajstić information content (AvgIpc) is 2.31. The Morgan fingerprint density at radius 3 is 2.92 bits per heavy atom. The highest BCUT2D eigenvalue weighted by Crippen LogP contribution is 2.15. The largest absolute Gasteiger partial charge is 0.394 e. The van der Waals surface area contributed by atoms with Gasteiger partial charge in [0.05, 0.1) is 5.69 Å². The highest BCUT2D eigenvalue weighted by atomic mass is 15.3. The Kier molecular flexibility index (Phi) is 1.21. The minimum absolute atomic E-state index is 0.453. The lowest BCUT2D eigenvalue weighted by Crippen LogP contribution is -1.95. The summed E-state index contributed by atoms with van der Waals surface area (Å²) in [6.07, 6.45) is 1.74. The van der Waals surface area contributed by atoms with Crippen molar-refractivity contribution in [1.29, 1.82) is 0 Å². The molecule has 62 valence electrons. The predicted octanol–water partition coefficient (Wildman–Crippen LogP) is 0.202. The zero-order valence-electron chi connectivity index (χ0n) is 6.65. The van der Waals surface area contributed by atoms with Crippen molar-refractivity contribution in [3.05, 3.63) is 18.0 Å². The third kappa shape index (κ3) is 0.795. The van der Waals surface area contributed by atoms with Gasteiger partial charge in [0.15, 0.2) is 5.65 Å². The summed E-state index contributed by atoms with van der Waals surface area (Å²) in [5.74, 6) is 0.453. The first kappa shape index (κ1) is 6.90. The lowest BCUT2D eigenvalue weighted by atomic mass is 10.4. The van der Waals surface area contributed by atoms with Crippen LogP contribution in [0.1, 0.15) is 5.69 Å². The molecule has 0 saturated carbocycles. The number of nitrogen functional groups attached to an aromatic ring is 2. The molecule has 0 aliphatic carbocycles. The Morgan fingerprint density at radius 1 is 1.42 bits per heavy atom. The van der Waals surface area contributed by atoms with Gasteiger partial charge in [-0.05, 0) is 13.0 Å². The Hall–Kier alpha value is -1.78. The zero-order chi connectivity index (χ0) is 8.72. The van der Waals surface area contributed by atoms with Crippen LogP contribution in [0.25, 0.3) is 5.65 Å². The molecule has 0 aliphatic rings. The Balaban J connectivity index is 2.88. The summed E-state index contributed by atoms with van der Waals surface area (Å²) in [6, 6.07) is 1.68. The van der Waals surface area contributed by atoms with Crippen LogP contribution in [0.5, 0.6) is 0 Å². The molecule has 0 saturated heterocycles. The van der Waals surface area contributed by atoms with Gasteiger partial charge in [-0.2, -0.15) is 5.10 Å². The molecule has 0 aliphatic heterocycles. The third-order valence-corrected chi connectivity index (χ3v) is 1.73. The highest BCUT2D eigenvalue weighted by Gasteiger charge is 2.05. The van der Waals surface area contributed by atoms with Crippen molar-refractivity contribution < 1.29 is 0 Å². The van der Waals surface area contributed by atoms with Gasteiger partial charge in [0.2, 0.25) is 0 Å². The molecule has 2 aromatic heterocycles. The van der Waals surface area contributed by atoms with Crippen molar-refractivity contribution in [2.45, 2.75) is 6.92 Å². The number of fused-ring (bicyclic) bond motifs is 1. The molecule has 2 aromatic rings. The van der Waals surface area contributed by atoms with E-state index in [9.17, 15) is 0 Å². The first-order valence-electron chi connectivity index (χ1n) is 3.55. The first-order valence-corrected chi connectivity index (χ1v) is 3.55. The maximum atomic E-state index is 5.71. The molecule has 0 amide bonds. The van der Waals surface area contributed by atoms with Gasteiger partial charge in [0.1, 0.15) is 11.5 Å². The van der Waals surface area contributed by atoms with Gasteiger partial charge in [-0.25, -0.2) is 9.50 Å². The SMILES string of the molecule is Cc1nn2ccc(N)nc2c1N. The zero-order valence-corrected chi connectivity index (χ0v) is 6.65. The van der Waals surface area contributed by atoms with Crippen LogP contribution in [0.3, 0.4) is 0 Å². The summed E-state index contributed by atoms with van der Waals surface area (Å²) < 4.78 is 1.61. The van der Waals surface area contributed by atoms with Crippen LogP contribution in [0.4, 0.5) is 11.5 Å². The molecular formula is C7H9N5. The Labute approximate surface area is 69.0 Å². The second-order valence-electron chi connectivity index (χ2n) is 2.62. The van der Waals surface area contributed by atoms with E-state index in [2.05, 4.69) is 10.1 Å². The summed E-state index contributed by atoms with van der Waals surface area (Å²) in [6.45, 7) is 1.83. The molecule has 2 heterocycles. The molecule has 0 unspecified atom stereocenters. The van der Waals surface area contributed by atoms with Crippen LogP contribution in [0.2, 0.25) is 0 Å². The van der Waals surface area contributed by atoms with E-state index in [-0.39, 0.29) is 0 Å². The summed E-state index contributed by atoms with van der Waals surface area (Å²) in [5, 5.41) is 4.13. The van der Waals surface area contributed by atoms with Crippen LogP contribution < -0.4 is 11.5 Å². The van der Waals surface area contributed by atoms with Crippen molar-refractivity contribution in [2.24, 2.45) is 0 Å². The molecule has 0 radical (unpaired) electrons. The second kappa shape index (κ2) is 2.10. The monoisotopic (exact) mass is 163 g/mol. The van der Waals surface area contributed by atoms with Crippen LogP contribution in [0.15, 0.2) is 12.3 Å². The number of rotatable bonds is 0. The van der Waals surface area contributed by atoms with Crippen LogP contribution in [-0.2, 0) is 0 Å². The number of aryl methyl sites for hydroxylation is 1. The Bertz CT molecular complexity index is 431. The number of hydrogen-bond acceptors (Lipinski definition) is 4. The number of anilines is 2. The molecular weight excluding hydrogens is 154 g/mol. The third-order valence-electron chi connectivity index (χ3n) is 1.73. The van der Waals surface area contributed by atoms with Crippen molar-refractivity contribution in [1.82, 2.24) is 14.6 Å². The molecule has 2 rings (SSSR count). The number of nitrogens with zero attached hydrogens (tertiary/aromatic N) is 3. The number of hydrogen-bond donors (Lipinski definition) is 2. The number of nitrogens with two attached hydrogens (primary N) is 2. The number of aromatic nitrogens is 3. The lowest BCUT2D eigenvalue weighted by molar-refractivity contribution is 0.919. The predicted molar refractivity (Wildman–Crippen MR) is 46.5 cm³/mol. The van der Waals surface area contributed by atoms with E-state index in [0.29, 0.717) is 17.2 Å². The summed E-state index contributed by atoms with van der Waals surface area (Å²) >= 11 is 0. The fraction of sp³-hybridized carbons (Fsp3) is 0.143. The smallest absolute Gasteiger partial charge is 0.180 e. The van der Waals surface area contributed by atoms with Gasteiger partial charge in [0, 0.05) is 6.20 Å². The molecule has 12 heavy (non-hydrogen) atoms. The van der Waals surface area contributed by atoms with Gasteiger partial charge in [-0.1, -0.05) is 0 Å². The van der Waals surface area contributed by atoms with Gasteiger partial charge in [0.25, 0.3) is 0 Å². The van der Waals surface area contributed by atoms with Crippen LogP contribution >= 0.6 is 0 Å². The van der Waals surface area contributed by atoms with Gasteiger partial charge in [-0.15, -0.1) is 0 Å². The highest BCUT2D eigenvalue weighted by molar-refractivity contribution is 5.68. The van der Waals surface area contributed by atoms with Crippen LogP contribution in [-0.4, -0.2) is 14.6 Å². The van der Waals surface area contributed by atoms with Crippen molar-refractivity contribution >= 4 is 17.2 Å². The lowest BCUT2D eigenvalue weighted by Gasteiger charge is -1.93. The Morgan fingerprint density at radius 2 is 2.17 bits per heavy atom. The van der Waals surface area contributed by atoms with Gasteiger partial charge >= 0.3 is 0 Å². The van der Waals surface area contributed by atoms with E-state index < -0.39 is 0 Å². The van der Waals surface area contributed by atoms with Gasteiger partial charge in [-0.3, -0.25) is 0 Å². The topological polar surface area (TPSA) is 82.2 Å². The molecule has 5 heteroatoms. The van der Waals surface area contributed by atoms with E-state index in [1.54, 1.807) is 16.8 Å². The van der Waals surface area contributed by atoms with Gasteiger partial charge < -0.3 is 11.5 Å². The quantitative estimate of drug-likeness (QED) is 0.581. The molecule has 5 nitrogen and oxygen atoms in total. The molecule has 0 atom stereocenters.